The molecule has 2 saturated carbocycles. The number of carbonyl (C=O) groups is 2. The van der Waals surface area contributed by atoms with E-state index in [9.17, 15) is 14.0 Å². The highest BCUT2D eigenvalue weighted by molar-refractivity contribution is 6.12. The van der Waals surface area contributed by atoms with Crippen molar-refractivity contribution in [3.05, 3.63) is 48.4 Å². The Hall–Kier alpha value is -3.88. The molecule has 0 unspecified atom stereocenters. The van der Waals surface area contributed by atoms with E-state index in [1.807, 2.05) is 0 Å². The molecule has 2 aliphatic rings. The molecule has 5 rings (SSSR count). The highest BCUT2D eigenvalue weighted by atomic mass is 19.1. The van der Waals surface area contributed by atoms with E-state index in [4.69, 9.17) is 19.9 Å². The molecule has 0 aliphatic heterocycles. The molecular weight excluding hydrogens is 441 g/mol. The molecule has 0 bridgehead atoms. The molecular formula is C25H24FN3O5. The smallest absolute Gasteiger partial charge is 0.240 e. The first kappa shape index (κ1) is 21.9. The van der Waals surface area contributed by atoms with Crippen LogP contribution in [0.5, 0.6) is 23.0 Å². The number of anilines is 1. The van der Waals surface area contributed by atoms with Gasteiger partial charge in [0.2, 0.25) is 11.8 Å². The number of nitrogens with two attached hydrogens (primary N) is 1. The molecule has 9 heteroatoms. The maximum absolute atomic E-state index is 14.8. The van der Waals surface area contributed by atoms with E-state index in [1.54, 1.807) is 31.5 Å². The van der Waals surface area contributed by atoms with Crippen LogP contribution in [0.15, 0.2) is 42.6 Å². The number of benzene rings is 2. The number of carbonyl (C=O) groups excluding carboxylic acids is 2. The van der Waals surface area contributed by atoms with Gasteiger partial charge >= 0.3 is 0 Å². The molecule has 0 radical (unpaired) electrons. The fourth-order valence-corrected chi connectivity index (χ4v) is 3.72. The number of hydrogen-bond donors (Lipinski definition) is 2. The molecule has 176 valence electrons. The fourth-order valence-electron chi connectivity index (χ4n) is 3.72. The summed E-state index contributed by atoms with van der Waals surface area (Å²) >= 11 is 0. The largest absolute Gasteiger partial charge is 0.493 e. The van der Waals surface area contributed by atoms with Crippen LogP contribution in [0.25, 0.3) is 10.9 Å². The molecule has 1 aromatic heterocycles. The predicted molar refractivity (Wildman–Crippen MR) is 122 cm³/mol. The third-order valence-corrected chi connectivity index (χ3v) is 6.22. The molecule has 8 nitrogen and oxygen atoms in total. The zero-order valence-corrected chi connectivity index (χ0v) is 18.6. The number of methoxy groups -OCH3 is 1. The number of ether oxygens (including phenoxy) is 3. The van der Waals surface area contributed by atoms with Crippen molar-refractivity contribution in [2.75, 3.05) is 19.0 Å². The maximum atomic E-state index is 14.8. The van der Waals surface area contributed by atoms with Crippen LogP contribution in [-0.2, 0) is 9.59 Å². The van der Waals surface area contributed by atoms with E-state index in [2.05, 4.69) is 10.3 Å². The SMILES string of the molecule is COc1cc2c(Oc3ccc(NC(=O)C4(C(N)=O)CC4)cc3F)ccnc2cc1OCC1CC1. The molecule has 1 heterocycles. The number of nitrogens with one attached hydrogen (secondary N) is 1. The van der Waals surface area contributed by atoms with Gasteiger partial charge in [-0.05, 0) is 55.9 Å². The summed E-state index contributed by atoms with van der Waals surface area (Å²) in [5.41, 5.74) is 4.96. The van der Waals surface area contributed by atoms with Gasteiger partial charge in [-0.15, -0.1) is 0 Å². The monoisotopic (exact) mass is 465 g/mol. The summed E-state index contributed by atoms with van der Waals surface area (Å²) in [6, 6.07) is 9.21. The molecule has 2 aromatic carbocycles. The third-order valence-electron chi connectivity index (χ3n) is 6.22. The van der Waals surface area contributed by atoms with Crippen molar-refractivity contribution < 1.29 is 28.2 Å². The Kier molecular flexibility index (Phi) is 5.47. The topological polar surface area (TPSA) is 113 Å². The lowest BCUT2D eigenvalue weighted by atomic mass is 10.1. The van der Waals surface area contributed by atoms with Gasteiger partial charge in [0.05, 0.1) is 19.2 Å². The Morgan fingerprint density at radius 3 is 2.56 bits per heavy atom. The van der Waals surface area contributed by atoms with Gasteiger partial charge < -0.3 is 25.3 Å². The number of rotatable bonds is 9. The zero-order valence-electron chi connectivity index (χ0n) is 18.6. The first-order valence-corrected chi connectivity index (χ1v) is 11.1. The highest BCUT2D eigenvalue weighted by Gasteiger charge is 2.55. The maximum Gasteiger partial charge on any atom is 0.240 e. The normalized spacial score (nSPS) is 16.1. The Morgan fingerprint density at radius 2 is 1.91 bits per heavy atom. The molecule has 0 spiro atoms. The van der Waals surface area contributed by atoms with Crippen molar-refractivity contribution in [2.24, 2.45) is 17.1 Å². The first-order chi connectivity index (χ1) is 16.4. The van der Waals surface area contributed by atoms with Gasteiger partial charge in [0.25, 0.3) is 0 Å². The number of hydrogen-bond acceptors (Lipinski definition) is 6. The number of nitrogens with zero attached hydrogens (tertiary/aromatic N) is 1. The van der Waals surface area contributed by atoms with Crippen LogP contribution in [0.2, 0.25) is 0 Å². The Balaban J connectivity index is 1.37. The van der Waals surface area contributed by atoms with E-state index in [-0.39, 0.29) is 11.4 Å². The molecule has 2 aliphatic carbocycles. The lowest BCUT2D eigenvalue weighted by molar-refractivity contribution is -0.132. The summed E-state index contributed by atoms with van der Waals surface area (Å²) in [6.07, 6.45) is 4.70. The molecule has 2 amide bonds. The van der Waals surface area contributed by atoms with Crippen LogP contribution >= 0.6 is 0 Å². The van der Waals surface area contributed by atoms with E-state index in [1.165, 1.54) is 25.0 Å². The second-order valence-corrected chi connectivity index (χ2v) is 8.73. The molecule has 2 fully saturated rings. The molecule has 0 atom stereocenters. The van der Waals surface area contributed by atoms with Crippen molar-refractivity contribution in [3.63, 3.8) is 0 Å². The molecule has 0 saturated heterocycles. The summed E-state index contributed by atoms with van der Waals surface area (Å²) < 4.78 is 32.0. The number of amides is 2. The van der Waals surface area contributed by atoms with E-state index < -0.39 is 23.0 Å². The van der Waals surface area contributed by atoms with Gasteiger partial charge in [-0.2, -0.15) is 0 Å². The van der Waals surface area contributed by atoms with E-state index >= 15 is 0 Å². The van der Waals surface area contributed by atoms with Gasteiger partial charge in [0.15, 0.2) is 23.1 Å². The molecule has 34 heavy (non-hydrogen) atoms. The number of aromatic nitrogens is 1. The van der Waals surface area contributed by atoms with Crippen LogP contribution in [0, 0.1) is 17.2 Å². The minimum absolute atomic E-state index is 0.0328. The van der Waals surface area contributed by atoms with Crippen LogP contribution in [0.4, 0.5) is 10.1 Å². The summed E-state index contributed by atoms with van der Waals surface area (Å²) in [6.45, 7) is 0.632. The summed E-state index contributed by atoms with van der Waals surface area (Å²) in [5, 5.41) is 3.19. The van der Waals surface area contributed by atoms with Crippen LogP contribution in [0.3, 0.4) is 0 Å². The lowest BCUT2D eigenvalue weighted by Gasteiger charge is -2.15. The number of fused-ring (bicyclic) bond motifs is 1. The summed E-state index contributed by atoms with van der Waals surface area (Å²) in [5.74, 6) is 0.196. The van der Waals surface area contributed by atoms with Crippen molar-refractivity contribution in [3.8, 4) is 23.0 Å². The average Bonchev–Trinajstić information content (AvgIpc) is 3.73. The Labute approximate surface area is 195 Å². The zero-order chi connectivity index (χ0) is 23.9. The highest BCUT2D eigenvalue weighted by Crippen LogP contribution is 2.46. The number of pyridine rings is 1. The predicted octanol–water partition coefficient (Wildman–Crippen LogP) is 4.17. The van der Waals surface area contributed by atoms with Gasteiger partial charge in [0, 0.05) is 29.4 Å². The second-order valence-electron chi connectivity index (χ2n) is 8.73. The number of primary amides is 1. The van der Waals surface area contributed by atoms with Crippen molar-refractivity contribution in [1.82, 2.24) is 4.98 Å². The van der Waals surface area contributed by atoms with Gasteiger partial charge in [-0.1, -0.05) is 0 Å². The quantitative estimate of drug-likeness (QED) is 0.459. The third kappa shape index (κ3) is 4.21. The van der Waals surface area contributed by atoms with Gasteiger partial charge in [0.1, 0.15) is 11.2 Å². The van der Waals surface area contributed by atoms with E-state index in [0.29, 0.717) is 53.5 Å². The van der Waals surface area contributed by atoms with Crippen LogP contribution in [0.1, 0.15) is 25.7 Å². The molecule has 3 aromatic rings. The second kappa shape index (κ2) is 8.48. The fraction of sp³-hybridized carbons (Fsp3) is 0.320. The summed E-state index contributed by atoms with van der Waals surface area (Å²) in [7, 11) is 1.55. The van der Waals surface area contributed by atoms with Gasteiger partial charge in [-0.3, -0.25) is 14.6 Å². The minimum Gasteiger partial charge on any atom is -0.493 e. The first-order valence-electron chi connectivity index (χ1n) is 11.1. The standard InChI is InChI=1S/C25H24FN3O5/c1-32-21-11-16-18(12-22(21)33-13-14-2-3-14)28-9-6-19(16)34-20-5-4-15(10-17(20)26)29-24(31)25(7-8-25)23(27)30/h4-6,9-12,14H,2-3,7-8,13H2,1H3,(H2,27,30)(H,29,31). The summed E-state index contributed by atoms with van der Waals surface area (Å²) in [4.78, 5) is 28.3. The van der Waals surface area contributed by atoms with Crippen molar-refractivity contribution in [2.45, 2.75) is 25.7 Å². The van der Waals surface area contributed by atoms with Crippen molar-refractivity contribution >= 4 is 28.4 Å². The van der Waals surface area contributed by atoms with E-state index in [0.717, 1.165) is 6.07 Å². The average molecular weight is 465 g/mol. The Bertz CT molecular complexity index is 1290. The number of halogens is 1. The van der Waals surface area contributed by atoms with Gasteiger partial charge in [-0.25, -0.2) is 4.39 Å². The Morgan fingerprint density at radius 1 is 1.12 bits per heavy atom. The van der Waals surface area contributed by atoms with Crippen LogP contribution < -0.4 is 25.3 Å². The van der Waals surface area contributed by atoms with Crippen LogP contribution in [-0.4, -0.2) is 30.5 Å². The lowest BCUT2D eigenvalue weighted by Crippen LogP contribution is -2.36. The molecule has 3 N–H and O–H groups in total. The minimum atomic E-state index is -1.19. The van der Waals surface area contributed by atoms with Crippen molar-refractivity contribution in [1.29, 1.82) is 0 Å².